The summed E-state index contributed by atoms with van der Waals surface area (Å²) in [4.78, 5) is 5.74. The lowest BCUT2D eigenvalue weighted by atomic mass is 9.75. The van der Waals surface area contributed by atoms with Gasteiger partial charge in [-0.15, -0.1) is 0 Å². The molecule has 1 fully saturated rings. The first-order chi connectivity index (χ1) is 9.34. The molecule has 0 aliphatic heterocycles. The molecular weight excluding hydrogens is 262 g/mol. The molecule has 1 aliphatic carbocycles. The topological polar surface area (TPSA) is 54.2 Å². The minimum absolute atomic E-state index is 0.135. The Kier molecular flexibility index (Phi) is 4.13. The van der Waals surface area contributed by atoms with Gasteiger partial charge in [-0.3, -0.25) is 0 Å². The number of anilines is 2. The second kappa shape index (κ2) is 5.52. The molecule has 2 rings (SSSR count). The van der Waals surface area contributed by atoms with Crippen LogP contribution in [0, 0.1) is 17.0 Å². The van der Waals surface area contributed by atoms with Crippen LogP contribution in [-0.4, -0.2) is 18.1 Å². The van der Waals surface area contributed by atoms with Crippen molar-refractivity contribution >= 4 is 11.6 Å². The fraction of sp³-hybridized carbons (Fsp3) is 0.643. The van der Waals surface area contributed by atoms with E-state index in [-0.39, 0.29) is 17.7 Å². The van der Waals surface area contributed by atoms with Gasteiger partial charge in [0.25, 0.3) is 0 Å². The Morgan fingerprint density at radius 3 is 2.45 bits per heavy atom. The lowest BCUT2D eigenvalue weighted by Crippen LogP contribution is -2.38. The molecule has 4 nitrogen and oxygen atoms in total. The van der Waals surface area contributed by atoms with E-state index in [1.54, 1.807) is 11.9 Å². The van der Waals surface area contributed by atoms with E-state index in [0.29, 0.717) is 5.41 Å². The second-order valence-corrected chi connectivity index (χ2v) is 6.27. The number of hydrogen-bond acceptors (Lipinski definition) is 4. The first-order valence-electron chi connectivity index (χ1n) is 6.89. The average molecular weight is 284 g/mol. The third-order valence-electron chi connectivity index (χ3n) is 4.24. The van der Waals surface area contributed by atoms with Crippen LogP contribution in [0.15, 0.2) is 6.07 Å². The van der Waals surface area contributed by atoms with Crippen molar-refractivity contribution in [2.45, 2.75) is 45.6 Å². The molecule has 0 amide bonds. The zero-order valence-electron chi connectivity index (χ0n) is 12.2. The fourth-order valence-electron chi connectivity index (χ4n) is 2.75. The molecule has 1 aliphatic rings. The summed E-state index contributed by atoms with van der Waals surface area (Å²) in [7, 11) is 1.80. The lowest BCUT2D eigenvalue weighted by molar-refractivity contribution is 0.222. The standard InChI is InChI=1S/C14H22F2N4/c1-14(2)6-4-9(5-7-14)20(3)13-11(16)8-10(15)12(18-13)19-17/h8-9H,4-7,17H2,1-3H3,(H,18,19). The molecule has 0 atom stereocenters. The Morgan fingerprint density at radius 1 is 1.30 bits per heavy atom. The molecule has 1 aromatic heterocycles. The number of nitrogen functional groups attached to an aromatic ring is 1. The van der Waals surface area contributed by atoms with Crippen molar-refractivity contribution in [1.82, 2.24) is 4.98 Å². The van der Waals surface area contributed by atoms with Gasteiger partial charge in [-0.05, 0) is 31.1 Å². The monoisotopic (exact) mass is 284 g/mol. The summed E-state index contributed by atoms with van der Waals surface area (Å²) < 4.78 is 27.3. The molecule has 0 bridgehead atoms. The number of aromatic nitrogens is 1. The van der Waals surface area contributed by atoms with Crippen LogP contribution in [0.3, 0.4) is 0 Å². The predicted molar refractivity (Wildman–Crippen MR) is 76.4 cm³/mol. The van der Waals surface area contributed by atoms with Crippen molar-refractivity contribution in [3.63, 3.8) is 0 Å². The summed E-state index contributed by atoms with van der Waals surface area (Å²) in [5.74, 6) is 3.75. The Labute approximate surface area is 118 Å². The Morgan fingerprint density at radius 2 is 1.90 bits per heavy atom. The van der Waals surface area contributed by atoms with E-state index < -0.39 is 11.6 Å². The van der Waals surface area contributed by atoms with Crippen LogP contribution in [0.25, 0.3) is 0 Å². The summed E-state index contributed by atoms with van der Waals surface area (Å²) in [5.41, 5.74) is 2.50. The molecule has 1 aromatic rings. The van der Waals surface area contributed by atoms with E-state index in [0.717, 1.165) is 31.7 Å². The fourth-order valence-corrected chi connectivity index (χ4v) is 2.75. The van der Waals surface area contributed by atoms with Crippen LogP contribution in [-0.2, 0) is 0 Å². The molecule has 20 heavy (non-hydrogen) atoms. The van der Waals surface area contributed by atoms with Gasteiger partial charge in [0.15, 0.2) is 23.3 Å². The van der Waals surface area contributed by atoms with E-state index in [9.17, 15) is 8.78 Å². The zero-order valence-corrected chi connectivity index (χ0v) is 12.2. The van der Waals surface area contributed by atoms with Gasteiger partial charge in [-0.25, -0.2) is 19.6 Å². The van der Waals surface area contributed by atoms with Crippen molar-refractivity contribution in [3.05, 3.63) is 17.7 Å². The lowest BCUT2D eigenvalue weighted by Gasteiger charge is -2.39. The van der Waals surface area contributed by atoms with Crippen molar-refractivity contribution in [3.8, 4) is 0 Å². The number of nitrogens with two attached hydrogens (primary N) is 1. The Bertz CT molecular complexity index is 480. The number of hydrazine groups is 1. The molecule has 6 heteroatoms. The molecular formula is C14H22F2N4. The van der Waals surface area contributed by atoms with Gasteiger partial charge in [0.05, 0.1) is 0 Å². The number of nitrogens with one attached hydrogen (secondary N) is 1. The SMILES string of the molecule is CN(c1nc(NN)c(F)cc1F)C1CCC(C)(C)CC1. The molecule has 0 aromatic carbocycles. The van der Waals surface area contributed by atoms with Crippen LogP contribution in [0.4, 0.5) is 20.4 Å². The zero-order chi connectivity index (χ0) is 14.9. The third-order valence-corrected chi connectivity index (χ3v) is 4.24. The van der Waals surface area contributed by atoms with Gasteiger partial charge in [-0.2, -0.15) is 0 Å². The first kappa shape index (κ1) is 15.0. The first-order valence-corrected chi connectivity index (χ1v) is 6.89. The number of hydrogen-bond donors (Lipinski definition) is 2. The van der Waals surface area contributed by atoms with E-state index in [1.165, 1.54) is 0 Å². The highest BCUT2D eigenvalue weighted by Gasteiger charge is 2.30. The van der Waals surface area contributed by atoms with E-state index in [2.05, 4.69) is 24.3 Å². The molecule has 1 saturated carbocycles. The Hall–Kier alpha value is -1.43. The van der Waals surface area contributed by atoms with Crippen LogP contribution in [0.2, 0.25) is 0 Å². The molecule has 112 valence electrons. The van der Waals surface area contributed by atoms with Gasteiger partial charge >= 0.3 is 0 Å². The van der Waals surface area contributed by atoms with Crippen molar-refractivity contribution in [2.24, 2.45) is 11.3 Å². The maximum absolute atomic E-state index is 13.9. The maximum atomic E-state index is 13.9. The number of nitrogens with zero attached hydrogens (tertiary/aromatic N) is 2. The van der Waals surface area contributed by atoms with Gasteiger partial charge in [0.1, 0.15) is 0 Å². The van der Waals surface area contributed by atoms with E-state index >= 15 is 0 Å². The van der Waals surface area contributed by atoms with Crippen molar-refractivity contribution in [2.75, 3.05) is 17.4 Å². The highest BCUT2D eigenvalue weighted by atomic mass is 19.1. The third kappa shape index (κ3) is 3.00. The van der Waals surface area contributed by atoms with E-state index in [4.69, 9.17) is 5.84 Å². The van der Waals surface area contributed by atoms with E-state index in [1.807, 2.05) is 0 Å². The van der Waals surface area contributed by atoms with Crippen LogP contribution in [0.1, 0.15) is 39.5 Å². The smallest absolute Gasteiger partial charge is 0.178 e. The summed E-state index contributed by atoms with van der Waals surface area (Å²) in [5, 5.41) is 0. The van der Waals surface area contributed by atoms with Crippen LogP contribution in [0.5, 0.6) is 0 Å². The van der Waals surface area contributed by atoms with Crippen molar-refractivity contribution < 1.29 is 8.78 Å². The van der Waals surface area contributed by atoms with Gasteiger partial charge in [-0.1, -0.05) is 13.8 Å². The summed E-state index contributed by atoms with van der Waals surface area (Å²) >= 11 is 0. The van der Waals surface area contributed by atoms with Crippen LogP contribution >= 0.6 is 0 Å². The minimum atomic E-state index is -0.785. The summed E-state index contributed by atoms with van der Waals surface area (Å²) in [6.07, 6.45) is 4.14. The number of pyridine rings is 1. The second-order valence-electron chi connectivity index (χ2n) is 6.27. The molecule has 1 heterocycles. The van der Waals surface area contributed by atoms with Gasteiger partial charge in [0.2, 0.25) is 0 Å². The highest BCUT2D eigenvalue weighted by molar-refractivity contribution is 5.49. The molecule has 0 spiro atoms. The normalized spacial score (nSPS) is 18.9. The molecule has 3 N–H and O–H groups in total. The molecule has 0 radical (unpaired) electrons. The van der Waals surface area contributed by atoms with Gasteiger partial charge < -0.3 is 10.3 Å². The maximum Gasteiger partial charge on any atom is 0.178 e. The highest BCUT2D eigenvalue weighted by Crippen LogP contribution is 2.38. The van der Waals surface area contributed by atoms with Crippen molar-refractivity contribution in [1.29, 1.82) is 0 Å². The van der Waals surface area contributed by atoms with Crippen LogP contribution < -0.4 is 16.2 Å². The molecule has 0 unspecified atom stereocenters. The largest absolute Gasteiger partial charge is 0.354 e. The Balaban J connectivity index is 2.19. The summed E-state index contributed by atoms with van der Waals surface area (Å²) in [6.45, 7) is 4.49. The molecule has 0 saturated heterocycles. The average Bonchev–Trinajstić information content (AvgIpc) is 2.38. The predicted octanol–water partition coefficient (Wildman–Crippen LogP) is 3.05. The quantitative estimate of drug-likeness (QED) is 0.661. The van der Waals surface area contributed by atoms with Gasteiger partial charge in [0, 0.05) is 19.2 Å². The minimum Gasteiger partial charge on any atom is -0.354 e. The summed E-state index contributed by atoms with van der Waals surface area (Å²) in [6, 6.07) is 1.04. The number of rotatable bonds is 3. The number of halogens is 2.